The number of fused-ring (bicyclic) bond motifs is 1. The smallest absolute Gasteiger partial charge is 0.270 e. The van der Waals surface area contributed by atoms with Gasteiger partial charge >= 0.3 is 0 Å². The lowest BCUT2D eigenvalue weighted by Gasteiger charge is -2.17. The molecular formula is C15H14N2O4. The highest BCUT2D eigenvalue weighted by molar-refractivity contribution is 5.92. The molecule has 2 heterocycles. The van der Waals surface area contributed by atoms with Gasteiger partial charge in [-0.2, -0.15) is 0 Å². The Kier molecular flexibility index (Phi) is 3.35. The summed E-state index contributed by atoms with van der Waals surface area (Å²) in [5.41, 5.74) is 0.899. The number of amides is 1. The predicted molar refractivity (Wildman–Crippen MR) is 75.4 cm³/mol. The molecule has 1 aliphatic rings. The van der Waals surface area contributed by atoms with E-state index in [9.17, 15) is 9.59 Å². The molecule has 6 nitrogen and oxygen atoms in total. The van der Waals surface area contributed by atoms with Gasteiger partial charge in [-0.3, -0.25) is 9.59 Å². The Balaban J connectivity index is 1.75. The van der Waals surface area contributed by atoms with Crippen molar-refractivity contribution in [3.05, 3.63) is 58.0 Å². The number of H-pyrrole nitrogens is 1. The lowest BCUT2D eigenvalue weighted by Crippen LogP contribution is -2.28. The highest BCUT2D eigenvalue weighted by Gasteiger charge is 2.16. The van der Waals surface area contributed by atoms with Crippen molar-refractivity contribution in [1.82, 2.24) is 9.88 Å². The molecule has 1 amide bonds. The third-order valence-corrected chi connectivity index (χ3v) is 3.20. The Hall–Kier alpha value is -2.76. The van der Waals surface area contributed by atoms with E-state index < -0.39 is 0 Å². The first kappa shape index (κ1) is 13.2. The van der Waals surface area contributed by atoms with Crippen molar-refractivity contribution in [3.8, 4) is 11.5 Å². The maximum absolute atomic E-state index is 12.2. The van der Waals surface area contributed by atoms with Crippen LogP contribution in [0.15, 0.2) is 41.2 Å². The fourth-order valence-corrected chi connectivity index (χ4v) is 2.16. The Bertz CT molecular complexity index is 738. The van der Waals surface area contributed by atoms with Crippen molar-refractivity contribution < 1.29 is 14.3 Å². The number of nitrogens with zero attached hydrogens (tertiary/aromatic N) is 1. The normalized spacial score (nSPS) is 12.2. The van der Waals surface area contributed by atoms with Gasteiger partial charge in [-0.15, -0.1) is 0 Å². The summed E-state index contributed by atoms with van der Waals surface area (Å²) in [6.45, 7) is 0.630. The van der Waals surface area contributed by atoms with Gasteiger partial charge in [0.15, 0.2) is 11.5 Å². The van der Waals surface area contributed by atoms with Gasteiger partial charge in [0.2, 0.25) is 12.4 Å². The minimum absolute atomic E-state index is 0.221. The molecule has 108 valence electrons. The average Bonchev–Trinajstić information content (AvgIpc) is 2.94. The van der Waals surface area contributed by atoms with E-state index in [2.05, 4.69) is 4.98 Å². The summed E-state index contributed by atoms with van der Waals surface area (Å²) in [6.07, 6.45) is 0. The number of hydrogen-bond acceptors (Lipinski definition) is 4. The summed E-state index contributed by atoms with van der Waals surface area (Å²) in [5, 5.41) is 0. The highest BCUT2D eigenvalue weighted by atomic mass is 16.7. The molecule has 0 bridgehead atoms. The SMILES string of the molecule is CN(Cc1ccc2c(c1)OCO2)C(=O)c1cccc(=O)[nH]1. The fourth-order valence-electron chi connectivity index (χ4n) is 2.16. The summed E-state index contributed by atoms with van der Waals surface area (Å²) in [6, 6.07) is 10.1. The van der Waals surface area contributed by atoms with Crippen LogP contribution in [0.5, 0.6) is 11.5 Å². The zero-order valence-electron chi connectivity index (χ0n) is 11.5. The number of nitrogens with one attached hydrogen (secondary N) is 1. The third-order valence-electron chi connectivity index (χ3n) is 3.20. The number of hydrogen-bond donors (Lipinski definition) is 1. The minimum Gasteiger partial charge on any atom is -0.454 e. The van der Waals surface area contributed by atoms with Gasteiger partial charge in [0.25, 0.3) is 5.91 Å². The average molecular weight is 286 g/mol. The Labute approximate surface area is 120 Å². The van der Waals surface area contributed by atoms with Gasteiger partial charge in [0, 0.05) is 19.7 Å². The van der Waals surface area contributed by atoms with Gasteiger partial charge in [-0.1, -0.05) is 12.1 Å². The molecule has 1 aliphatic heterocycles. The first-order valence-electron chi connectivity index (χ1n) is 6.47. The van der Waals surface area contributed by atoms with Gasteiger partial charge in [0.1, 0.15) is 5.69 Å². The van der Waals surface area contributed by atoms with Crippen LogP contribution in [0.1, 0.15) is 16.1 Å². The Morgan fingerprint density at radius 3 is 2.86 bits per heavy atom. The predicted octanol–water partition coefficient (Wildman–Crippen LogP) is 1.38. The molecule has 0 unspecified atom stereocenters. The number of ether oxygens (including phenoxy) is 2. The van der Waals surface area contributed by atoms with Crippen molar-refractivity contribution in [2.45, 2.75) is 6.54 Å². The van der Waals surface area contributed by atoms with Crippen molar-refractivity contribution in [1.29, 1.82) is 0 Å². The van der Waals surface area contributed by atoms with Crippen LogP contribution in [0.25, 0.3) is 0 Å². The molecule has 6 heteroatoms. The number of carbonyl (C=O) groups excluding carboxylic acids is 1. The molecule has 0 saturated heterocycles. The quantitative estimate of drug-likeness (QED) is 0.925. The van der Waals surface area contributed by atoms with Crippen LogP contribution < -0.4 is 15.0 Å². The fraction of sp³-hybridized carbons (Fsp3) is 0.200. The molecule has 21 heavy (non-hydrogen) atoms. The first-order valence-corrected chi connectivity index (χ1v) is 6.47. The minimum atomic E-state index is -0.294. The van der Waals surface area contributed by atoms with E-state index in [1.807, 2.05) is 18.2 Å². The summed E-state index contributed by atoms with van der Waals surface area (Å²) in [5.74, 6) is 1.15. The van der Waals surface area contributed by atoms with Crippen LogP contribution >= 0.6 is 0 Å². The van der Waals surface area contributed by atoms with Gasteiger partial charge in [0.05, 0.1) is 0 Å². The largest absolute Gasteiger partial charge is 0.454 e. The monoisotopic (exact) mass is 286 g/mol. The topological polar surface area (TPSA) is 71.6 Å². The van der Waals surface area contributed by atoms with E-state index in [1.54, 1.807) is 19.2 Å². The molecule has 0 spiro atoms. The second kappa shape index (κ2) is 5.32. The molecule has 1 aromatic carbocycles. The van der Waals surface area contributed by atoms with Crippen LogP contribution in [-0.2, 0) is 6.54 Å². The maximum atomic E-state index is 12.2. The van der Waals surface area contributed by atoms with Crippen LogP contribution in [-0.4, -0.2) is 29.6 Å². The zero-order valence-corrected chi connectivity index (χ0v) is 11.5. The molecule has 0 saturated carbocycles. The van der Waals surface area contributed by atoms with Gasteiger partial charge < -0.3 is 19.4 Å². The number of carbonyl (C=O) groups is 1. The van der Waals surface area contributed by atoms with Crippen molar-refractivity contribution in [3.63, 3.8) is 0 Å². The first-order chi connectivity index (χ1) is 10.1. The van der Waals surface area contributed by atoms with Crippen molar-refractivity contribution in [2.24, 2.45) is 0 Å². The van der Waals surface area contributed by atoms with E-state index in [0.717, 1.165) is 5.56 Å². The van der Waals surface area contributed by atoms with E-state index in [1.165, 1.54) is 11.0 Å². The molecule has 0 atom stereocenters. The third kappa shape index (κ3) is 2.74. The summed E-state index contributed by atoms with van der Waals surface area (Å²) in [4.78, 5) is 27.5. The molecule has 1 N–H and O–H groups in total. The molecule has 0 aliphatic carbocycles. The Morgan fingerprint density at radius 2 is 2.05 bits per heavy atom. The van der Waals surface area contributed by atoms with E-state index >= 15 is 0 Å². The second-order valence-electron chi connectivity index (χ2n) is 4.78. The lowest BCUT2D eigenvalue weighted by atomic mass is 10.2. The summed E-state index contributed by atoms with van der Waals surface area (Å²) in [7, 11) is 1.68. The van der Waals surface area contributed by atoms with E-state index in [-0.39, 0.29) is 24.0 Å². The molecule has 1 aromatic heterocycles. The molecular weight excluding hydrogens is 272 g/mol. The highest BCUT2D eigenvalue weighted by Crippen LogP contribution is 2.32. The maximum Gasteiger partial charge on any atom is 0.270 e. The standard InChI is InChI=1S/C15H14N2O4/c1-17(15(19)11-3-2-4-14(18)16-11)8-10-5-6-12-13(7-10)21-9-20-12/h2-7H,8-9H2,1H3,(H,16,18). The van der Waals surface area contributed by atoms with Crippen LogP contribution in [0.4, 0.5) is 0 Å². The molecule has 2 aromatic rings. The number of benzene rings is 1. The number of rotatable bonds is 3. The van der Waals surface area contributed by atoms with Crippen molar-refractivity contribution in [2.75, 3.05) is 13.8 Å². The number of aromatic amines is 1. The van der Waals surface area contributed by atoms with Crippen molar-refractivity contribution >= 4 is 5.91 Å². The van der Waals surface area contributed by atoms with Crippen LogP contribution in [0.2, 0.25) is 0 Å². The van der Waals surface area contributed by atoms with Crippen LogP contribution in [0, 0.1) is 0 Å². The molecule has 3 rings (SSSR count). The summed E-state index contributed by atoms with van der Waals surface area (Å²) >= 11 is 0. The molecule has 0 fully saturated rings. The number of pyridine rings is 1. The second-order valence-corrected chi connectivity index (χ2v) is 4.78. The molecule has 0 radical (unpaired) electrons. The van der Waals surface area contributed by atoms with E-state index in [0.29, 0.717) is 18.0 Å². The zero-order chi connectivity index (χ0) is 14.8. The van der Waals surface area contributed by atoms with Gasteiger partial charge in [-0.05, 0) is 23.8 Å². The Morgan fingerprint density at radius 1 is 1.24 bits per heavy atom. The summed E-state index contributed by atoms with van der Waals surface area (Å²) < 4.78 is 10.6. The van der Waals surface area contributed by atoms with Crippen LogP contribution in [0.3, 0.4) is 0 Å². The number of aromatic nitrogens is 1. The lowest BCUT2D eigenvalue weighted by molar-refractivity contribution is 0.0779. The van der Waals surface area contributed by atoms with Gasteiger partial charge in [-0.25, -0.2) is 0 Å². The van der Waals surface area contributed by atoms with E-state index in [4.69, 9.17) is 9.47 Å².